The van der Waals surface area contributed by atoms with Gasteiger partial charge in [0.15, 0.2) is 0 Å². The lowest BCUT2D eigenvalue weighted by Crippen LogP contribution is -2.27. The Labute approximate surface area is 116 Å². The van der Waals surface area contributed by atoms with Gasteiger partial charge in [-0.05, 0) is 37.1 Å². The van der Waals surface area contributed by atoms with E-state index >= 15 is 0 Å². The van der Waals surface area contributed by atoms with E-state index in [4.69, 9.17) is 5.11 Å². The molecule has 1 aliphatic heterocycles. The second-order valence-corrected chi connectivity index (χ2v) is 5.71. The van der Waals surface area contributed by atoms with E-state index in [1.165, 1.54) is 5.56 Å². The molecule has 0 spiro atoms. The zero-order valence-corrected chi connectivity index (χ0v) is 12.1. The SMILES string of the molecule is CC[C@@H](c1ccc(Br)cc1)N1CC[C@@H](C(=O)O)C1. The van der Waals surface area contributed by atoms with Crippen LogP contribution in [0.15, 0.2) is 28.7 Å². The quantitative estimate of drug-likeness (QED) is 0.927. The number of hydrogen-bond donors (Lipinski definition) is 1. The van der Waals surface area contributed by atoms with Crippen LogP contribution in [0.2, 0.25) is 0 Å². The lowest BCUT2D eigenvalue weighted by molar-refractivity contribution is -0.141. The summed E-state index contributed by atoms with van der Waals surface area (Å²) in [5, 5.41) is 9.06. The molecule has 0 aromatic heterocycles. The highest BCUT2D eigenvalue weighted by molar-refractivity contribution is 9.10. The summed E-state index contributed by atoms with van der Waals surface area (Å²) in [6.45, 7) is 3.70. The third kappa shape index (κ3) is 2.93. The number of likely N-dealkylation sites (tertiary alicyclic amines) is 1. The van der Waals surface area contributed by atoms with Crippen molar-refractivity contribution in [3.8, 4) is 0 Å². The van der Waals surface area contributed by atoms with Crippen molar-refractivity contribution in [3.05, 3.63) is 34.3 Å². The molecular formula is C14H18BrNO2. The lowest BCUT2D eigenvalue weighted by atomic mass is 10.0. The monoisotopic (exact) mass is 311 g/mol. The predicted molar refractivity (Wildman–Crippen MR) is 74.5 cm³/mol. The fourth-order valence-electron chi connectivity index (χ4n) is 2.66. The highest BCUT2D eigenvalue weighted by Gasteiger charge is 2.31. The number of halogens is 1. The van der Waals surface area contributed by atoms with E-state index in [1.807, 2.05) is 12.1 Å². The van der Waals surface area contributed by atoms with E-state index in [9.17, 15) is 4.79 Å². The molecule has 18 heavy (non-hydrogen) atoms. The number of carboxylic acids is 1. The topological polar surface area (TPSA) is 40.5 Å². The van der Waals surface area contributed by atoms with Crippen LogP contribution in [0.25, 0.3) is 0 Å². The van der Waals surface area contributed by atoms with Crippen molar-refractivity contribution in [3.63, 3.8) is 0 Å². The van der Waals surface area contributed by atoms with Gasteiger partial charge in [0.2, 0.25) is 0 Å². The van der Waals surface area contributed by atoms with Gasteiger partial charge in [-0.2, -0.15) is 0 Å². The van der Waals surface area contributed by atoms with Crippen LogP contribution in [-0.4, -0.2) is 29.1 Å². The second-order valence-electron chi connectivity index (χ2n) is 4.79. The zero-order valence-electron chi connectivity index (χ0n) is 10.5. The highest BCUT2D eigenvalue weighted by Crippen LogP contribution is 2.30. The van der Waals surface area contributed by atoms with Crippen molar-refractivity contribution < 1.29 is 9.90 Å². The molecule has 0 amide bonds. The Morgan fingerprint density at radius 3 is 2.67 bits per heavy atom. The molecular weight excluding hydrogens is 294 g/mol. The molecule has 1 aromatic rings. The van der Waals surface area contributed by atoms with Gasteiger partial charge in [-0.15, -0.1) is 0 Å². The van der Waals surface area contributed by atoms with Crippen LogP contribution in [0.3, 0.4) is 0 Å². The third-order valence-electron chi connectivity index (χ3n) is 3.65. The number of nitrogens with zero attached hydrogens (tertiary/aromatic N) is 1. The van der Waals surface area contributed by atoms with Gasteiger partial charge in [0.25, 0.3) is 0 Å². The van der Waals surface area contributed by atoms with Crippen LogP contribution >= 0.6 is 15.9 Å². The third-order valence-corrected chi connectivity index (χ3v) is 4.18. The van der Waals surface area contributed by atoms with Gasteiger partial charge in [-0.1, -0.05) is 35.0 Å². The highest BCUT2D eigenvalue weighted by atomic mass is 79.9. The van der Waals surface area contributed by atoms with Crippen LogP contribution in [0.1, 0.15) is 31.4 Å². The maximum absolute atomic E-state index is 11.0. The molecule has 1 saturated heterocycles. The van der Waals surface area contributed by atoms with Gasteiger partial charge in [0.05, 0.1) is 5.92 Å². The molecule has 0 saturated carbocycles. The smallest absolute Gasteiger partial charge is 0.307 e. The fourth-order valence-corrected chi connectivity index (χ4v) is 2.93. The van der Waals surface area contributed by atoms with Gasteiger partial charge in [0.1, 0.15) is 0 Å². The summed E-state index contributed by atoms with van der Waals surface area (Å²) in [7, 11) is 0. The van der Waals surface area contributed by atoms with E-state index in [0.29, 0.717) is 12.6 Å². The first-order chi connectivity index (χ1) is 8.61. The van der Waals surface area contributed by atoms with Crippen LogP contribution in [0.4, 0.5) is 0 Å². The maximum atomic E-state index is 11.0. The minimum atomic E-state index is -0.664. The summed E-state index contributed by atoms with van der Waals surface area (Å²) in [4.78, 5) is 13.3. The molecule has 98 valence electrons. The standard InChI is InChI=1S/C14H18BrNO2/c1-2-13(10-3-5-12(15)6-4-10)16-8-7-11(9-16)14(17)18/h3-6,11,13H,2,7-9H2,1H3,(H,17,18)/t11-,13+/m1/s1. The van der Waals surface area contributed by atoms with Crippen molar-refractivity contribution >= 4 is 21.9 Å². The molecule has 1 heterocycles. The summed E-state index contributed by atoms with van der Waals surface area (Å²) >= 11 is 3.44. The Morgan fingerprint density at radius 1 is 1.50 bits per heavy atom. The van der Waals surface area contributed by atoms with Crippen molar-refractivity contribution in [2.75, 3.05) is 13.1 Å². The molecule has 1 N–H and O–H groups in total. The Morgan fingerprint density at radius 2 is 2.17 bits per heavy atom. The minimum absolute atomic E-state index is 0.200. The Hall–Kier alpha value is -0.870. The van der Waals surface area contributed by atoms with E-state index in [2.05, 4.69) is 39.9 Å². The minimum Gasteiger partial charge on any atom is -0.481 e. The Balaban J connectivity index is 2.10. The Kier molecular flexibility index (Phi) is 4.40. The van der Waals surface area contributed by atoms with E-state index in [-0.39, 0.29) is 5.92 Å². The van der Waals surface area contributed by atoms with E-state index in [0.717, 1.165) is 23.9 Å². The summed E-state index contributed by atoms with van der Waals surface area (Å²) in [6.07, 6.45) is 1.77. The molecule has 2 atom stereocenters. The van der Waals surface area contributed by atoms with Crippen LogP contribution in [-0.2, 0) is 4.79 Å². The average Bonchev–Trinajstić information content (AvgIpc) is 2.82. The molecule has 4 heteroatoms. The van der Waals surface area contributed by atoms with Crippen molar-refractivity contribution in [1.29, 1.82) is 0 Å². The van der Waals surface area contributed by atoms with Gasteiger partial charge >= 0.3 is 5.97 Å². The van der Waals surface area contributed by atoms with Crippen LogP contribution in [0.5, 0.6) is 0 Å². The molecule has 1 aliphatic rings. The molecule has 0 radical (unpaired) electrons. The van der Waals surface area contributed by atoms with Gasteiger partial charge < -0.3 is 5.11 Å². The number of carboxylic acid groups (broad SMARTS) is 1. The summed E-state index contributed by atoms with van der Waals surface area (Å²) < 4.78 is 1.07. The first-order valence-electron chi connectivity index (χ1n) is 6.34. The number of aliphatic carboxylic acids is 1. The van der Waals surface area contributed by atoms with Gasteiger partial charge in [-0.25, -0.2) is 0 Å². The maximum Gasteiger partial charge on any atom is 0.307 e. The van der Waals surface area contributed by atoms with Crippen LogP contribution < -0.4 is 0 Å². The molecule has 1 fully saturated rings. The zero-order chi connectivity index (χ0) is 13.1. The first-order valence-corrected chi connectivity index (χ1v) is 7.13. The number of carbonyl (C=O) groups is 1. The van der Waals surface area contributed by atoms with E-state index < -0.39 is 5.97 Å². The number of rotatable bonds is 4. The molecule has 0 unspecified atom stereocenters. The molecule has 0 bridgehead atoms. The largest absolute Gasteiger partial charge is 0.481 e. The molecule has 0 aliphatic carbocycles. The fraction of sp³-hybridized carbons (Fsp3) is 0.500. The normalized spacial score (nSPS) is 22.0. The van der Waals surface area contributed by atoms with Crippen LogP contribution in [0, 0.1) is 5.92 Å². The molecule has 3 nitrogen and oxygen atoms in total. The number of hydrogen-bond acceptors (Lipinski definition) is 2. The lowest BCUT2D eigenvalue weighted by Gasteiger charge is -2.27. The summed E-state index contributed by atoms with van der Waals surface area (Å²) in [5.74, 6) is -0.863. The molecule has 1 aromatic carbocycles. The van der Waals surface area contributed by atoms with E-state index in [1.54, 1.807) is 0 Å². The average molecular weight is 312 g/mol. The molecule has 2 rings (SSSR count). The first kappa shape index (κ1) is 13.6. The van der Waals surface area contributed by atoms with Crippen molar-refractivity contribution in [2.24, 2.45) is 5.92 Å². The Bertz CT molecular complexity index is 418. The van der Waals surface area contributed by atoms with Gasteiger partial charge in [0, 0.05) is 17.1 Å². The summed E-state index contributed by atoms with van der Waals surface area (Å²) in [5.41, 5.74) is 1.27. The second kappa shape index (κ2) is 5.85. The van der Waals surface area contributed by atoms with Crippen molar-refractivity contribution in [1.82, 2.24) is 4.90 Å². The summed E-state index contributed by atoms with van der Waals surface area (Å²) in [6, 6.07) is 8.66. The van der Waals surface area contributed by atoms with Gasteiger partial charge in [-0.3, -0.25) is 9.69 Å². The predicted octanol–water partition coefficient (Wildman–Crippen LogP) is 3.31. The number of benzene rings is 1. The van der Waals surface area contributed by atoms with Crippen molar-refractivity contribution in [2.45, 2.75) is 25.8 Å².